The number of thioether (sulfide) groups is 1. The fourth-order valence-corrected chi connectivity index (χ4v) is 5.15. The second kappa shape index (κ2) is 7.27. The van der Waals surface area contributed by atoms with Gasteiger partial charge in [-0.15, -0.1) is 0 Å². The van der Waals surface area contributed by atoms with E-state index in [1.807, 2.05) is 0 Å². The molecule has 132 valence electrons. The van der Waals surface area contributed by atoms with Crippen molar-refractivity contribution in [3.63, 3.8) is 0 Å². The van der Waals surface area contributed by atoms with E-state index >= 15 is 0 Å². The molecule has 0 saturated carbocycles. The van der Waals surface area contributed by atoms with E-state index in [0.717, 1.165) is 11.5 Å². The van der Waals surface area contributed by atoms with Crippen LogP contribution in [-0.4, -0.2) is 84.7 Å². The number of carbonyl (C=O) groups is 2. The highest BCUT2D eigenvalue weighted by atomic mass is 32.2. The summed E-state index contributed by atoms with van der Waals surface area (Å²) in [4.78, 5) is 24.6. The zero-order valence-corrected chi connectivity index (χ0v) is 14.8. The Morgan fingerprint density at radius 3 is 2.48 bits per heavy atom. The summed E-state index contributed by atoms with van der Waals surface area (Å²) in [5.41, 5.74) is -0.922. The fourth-order valence-electron chi connectivity index (χ4n) is 2.66. The molecule has 23 heavy (non-hydrogen) atoms. The highest BCUT2D eigenvalue weighted by Crippen LogP contribution is 2.29. The van der Waals surface area contributed by atoms with Crippen LogP contribution in [-0.2, 0) is 14.8 Å². The number of nitrogens with one attached hydrogen (secondary N) is 1. The van der Waals surface area contributed by atoms with E-state index in [4.69, 9.17) is 5.11 Å². The normalized spacial score (nSPS) is 26.2. The Labute approximate surface area is 140 Å². The van der Waals surface area contributed by atoms with Gasteiger partial charge in [0, 0.05) is 44.2 Å². The summed E-state index contributed by atoms with van der Waals surface area (Å²) >= 11 is 1.73. The Hall–Kier alpha value is -1.00. The predicted octanol–water partition coefficient (Wildman–Crippen LogP) is -0.129. The van der Waals surface area contributed by atoms with Gasteiger partial charge in [-0.2, -0.15) is 11.8 Å². The number of carboxylic acid groups (broad SMARTS) is 1. The summed E-state index contributed by atoms with van der Waals surface area (Å²) in [5, 5.41) is 11.7. The number of sulfonamides is 1. The van der Waals surface area contributed by atoms with Crippen molar-refractivity contribution in [2.45, 2.75) is 13.3 Å². The van der Waals surface area contributed by atoms with Crippen molar-refractivity contribution in [2.24, 2.45) is 5.41 Å². The molecule has 0 spiro atoms. The van der Waals surface area contributed by atoms with Crippen LogP contribution in [0, 0.1) is 5.41 Å². The lowest BCUT2D eigenvalue weighted by Gasteiger charge is -2.26. The van der Waals surface area contributed by atoms with Crippen LogP contribution in [0.25, 0.3) is 0 Å². The number of amides is 2. The summed E-state index contributed by atoms with van der Waals surface area (Å²) in [6, 6.07) is -0.403. The molecule has 2 aliphatic rings. The van der Waals surface area contributed by atoms with Crippen LogP contribution in [0.4, 0.5) is 4.79 Å². The molecule has 8 nitrogen and oxygen atoms in total. The van der Waals surface area contributed by atoms with Gasteiger partial charge in [0.1, 0.15) is 0 Å². The number of carbonyl (C=O) groups excluding carboxylic acids is 1. The van der Waals surface area contributed by atoms with E-state index < -0.39 is 27.4 Å². The Kier molecular flexibility index (Phi) is 5.79. The fraction of sp³-hybridized carbons (Fsp3) is 0.846. The van der Waals surface area contributed by atoms with E-state index in [0.29, 0.717) is 26.1 Å². The summed E-state index contributed by atoms with van der Waals surface area (Å²) < 4.78 is 25.8. The molecule has 10 heteroatoms. The average molecular weight is 365 g/mol. The van der Waals surface area contributed by atoms with E-state index in [1.165, 1.54) is 9.21 Å². The van der Waals surface area contributed by atoms with Crippen LogP contribution >= 0.6 is 11.8 Å². The zero-order valence-electron chi connectivity index (χ0n) is 13.2. The molecular formula is C13H23N3O5S2. The minimum Gasteiger partial charge on any atom is -0.481 e. The minimum atomic E-state index is -3.35. The second-order valence-electron chi connectivity index (χ2n) is 6.10. The number of carboxylic acids is 1. The van der Waals surface area contributed by atoms with E-state index in [1.54, 1.807) is 18.7 Å². The lowest BCUT2D eigenvalue weighted by atomic mass is 9.90. The lowest BCUT2D eigenvalue weighted by Crippen LogP contribution is -2.45. The Bertz CT molecular complexity index is 562. The van der Waals surface area contributed by atoms with Crippen LogP contribution in [0.15, 0.2) is 0 Å². The van der Waals surface area contributed by atoms with Crippen molar-refractivity contribution in [3.8, 4) is 0 Å². The highest BCUT2D eigenvalue weighted by Gasteiger charge is 2.42. The van der Waals surface area contributed by atoms with Gasteiger partial charge >= 0.3 is 12.0 Å². The van der Waals surface area contributed by atoms with E-state index in [9.17, 15) is 18.0 Å². The molecule has 0 aromatic carbocycles. The summed E-state index contributed by atoms with van der Waals surface area (Å²) in [6.45, 7) is 3.19. The van der Waals surface area contributed by atoms with Crippen LogP contribution in [0.1, 0.15) is 13.3 Å². The van der Waals surface area contributed by atoms with E-state index in [2.05, 4.69) is 5.32 Å². The Morgan fingerprint density at radius 1 is 1.26 bits per heavy atom. The van der Waals surface area contributed by atoms with Crippen molar-refractivity contribution in [1.29, 1.82) is 0 Å². The largest absolute Gasteiger partial charge is 0.481 e. The van der Waals surface area contributed by atoms with Gasteiger partial charge in [-0.05, 0) is 13.3 Å². The number of aliphatic carboxylic acids is 1. The summed E-state index contributed by atoms with van der Waals surface area (Å²) in [5.74, 6) is 0.548. The first-order valence-electron chi connectivity index (χ1n) is 7.56. The molecule has 2 saturated heterocycles. The number of rotatable bonds is 5. The lowest BCUT2D eigenvalue weighted by molar-refractivity contribution is -0.147. The third kappa shape index (κ3) is 4.51. The molecule has 0 aliphatic carbocycles. The number of likely N-dealkylation sites (tertiary alicyclic amines) is 1. The maximum atomic E-state index is 12.2. The van der Waals surface area contributed by atoms with Crippen molar-refractivity contribution < 1.29 is 23.1 Å². The minimum absolute atomic E-state index is 0.0328. The number of urea groups is 1. The van der Waals surface area contributed by atoms with Gasteiger partial charge in [0.25, 0.3) is 0 Å². The van der Waals surface area contributed by atoms with Crippen LogP contribution < -0.4 is 5.32 Å². The van der Waals surface area contributed by atoms with Crippen molar-refractivity contribution in [2.75, 3.05) is 50.0 Å². The van der Waals surface area contributed by atoms with Crippen LogP contribution in [0.5, 0.6) is 0 Å². The Morgan fingerprint density at radius 2 is 1.91 bits per heavy atom. The standard InChI is InChI=1S/C13H23N3O5S2/c1-13(11(17)18)2-4-15(10-13)12(19)14-3-9-23(20,21)16-5-7-22-8-6-16/h2-10H2,1H3,(H,14,19)(H,17,18). The molecule has 2 amide bonds. The molecule has 2 N–H and O–H groups in total. The third-order valence-electron chi connectivity index (χ3n) is 4.28. The summed E-state index contributed by atoms with van der Waals surface area (Å²) in [6.07, 6.45) is 0.402. The molecule has 2 aliphatic heterocycles. The molecule has 1 atom stereocenters. The molecule has 0 aromatic rings. The van der Waals surface area contributed by atoms with Gasteiger partial charge in [0.15, 0.2) is 0 Å². The average Bonchev–Trinajstić information content (AvgIpc) is 2.92. The smallest absolute Gasteiger partial charge is 0.317 e. The van der Waals surface area contributed by atoms with Crippen molar-refractivity contribution >= 4 is 33.8 Å². The van der Waals surface area contributed by atoms with Gasteiger partial charge in [0.2, 0.25) is 10.0 Å². The van der Waals surface area contributed by atoms with Crippen molar-refractivity contribution in [1.82, 2.24) is 14.5 Å². The third-order valence-corrected chi connectivity index (χ3v) is 7.09. The van der Waals surface area contributed by atoms with Gasteiger partial charge in [0.05, 0.1) is 11.2 Å². The number of hydrogen-bond acceptors (Lipinski definition) is 5. The number of nitrogens with zero attached hydrogens (tertiary/aromatic N) is 2. The molecule has 2 fully saturated rings. The first-order valence-corrected chi connectivity index (χ1v) is 10.3. The zero-order chi connectivity index (χ0) is 17.1. The number of hydrogen-bond donors (Lipinski definition) is 2. The Balaban J connectivity index is 1.78. The van der Waals surface area contributed by atoms with Gasteiger partial charge in [-0.3, -0.25) is 4.79 Å². The van der Waals surface area contributed by atoms with Gasteiger partial charge < -0.3 is 15.3 Å². The monoisotopic (exact) mass is 365 g/mol. The van der Waals surface area contributed by atoms with Crippen LogP contribution in [0.2, 0.25) is 0 Å². The first kappa shape index (κ1) is 18.3. The predicted molar refractivity (Wildman–Crippen MR) is 88.0 cm³/mol. The maximum absolute atomic E-state index is 12.2. The first-order chi connectivity index (χ1) is 10.7. The molecule has 1 unspecified atom stereocenters. The molecule has 0 radical (unpaired) electrons. The van der Waals surface area contributed by atoms with E-state index in [-0.39, 0.29) is 18.8 Å². The molecule has 2 rings (SSSR count). The van der Waals surface area contributed by atoms with Gasteiger partial charge in [-0.1, -0.05) is 0 Å². The molecule has 0 bridgehead atoms. The van der Waals surface area contributed by atoms with Crippen molar-refractivity contribution in [3.05, 3.63) is 0 Å². The SMILES string of the molecule is CC1(C(=O)O)CCN(C(=O)NCCS(=O)(=O)N2CCSCC2)C1. The molecule has 0 aromatic heterocycles. The molecular weight excluding hydrogens is 342 g/mol. The highest BCUT2D eigenvalue weighted by molar-refractivity contribution is 7.99. The van der Waals surface area contributed by atoms with Crippen LogP contribution in [0.3, 0.4) is 0 Å². The summed E-state index contributed by atoms with van der Waals surface area (Å²) in [7, 11) is -3.35. The quantitative estimate of drug-likeness (QED) is 0.703. The topological polar surface area (TPSA) is 107 Å². The maximum Gasteiger partial charge on any atom is 0.317 e. The van der Waals surface area contributed by atoms with Gasteiger partial charge in [-0.25, -0.2) is 17.5 Å². The second-order valence-corrected chi connectivity index (χ2v) is 9.41. The molecule has 2 heterocycles.